The van der Waals surface area contributed by atoms with Crippen LogP contribution in [0.5, 0.6) is 5.75 Å². The predicted molar refractivity (Wildman–Crippen MR) is 108 cm³/mol. The van der Waals surface area contributed by atoms with Crippen molar-refractivity contribution < 1.29 is 17.9 Å². The summed E-state index contributed by atoms with van der Waals surface area (Å²) in [7, 11) is -1.80. The Morgan fingerprint density at radius 3 is 2.59 bits per heavy atom. The zero-order valence-electron chi connectivity index (χ0n) is 16.7. The highest BCUT2D eigenvalue weighted by molar-refractivity contribution is 7.90. The van der Waals surface area contributed by atoms with Crippen LogP contribution in [-0.2, 0) is 20.0 Å². The normalized spacial score (nSPS) is 20.9. The van der Waals surface area contributed by atoms with Crippen molar-refractivity contribution in [1.82, 2.24) is 14.9 Å². The number of amides is 1. The molecular formula is C21H25N3O4S. The number of benzene rings is 1. The second-order valence-corrected chi connectivity index (χ2v) is 9.93. The molecule has 2 heterocycles. The van der Waals surface area contributed by atoms with Crippen LogP contribution in [0.2, 0.25) is 0 Å². The monoisotopic (exact) mass is 415 g/mol. The van der Waals surface area contributed by atoms with Gasteiger partial charge in [0.25, 0.3) is 0 Å². The zero-order chi connectivity index (χ0) is 20.6. The van der Waals surface area contributed by atoms with Gasteiger partial charge < -0.3 is 9.64 Å². The SMILES string of the molecule is COc1ccc(C2(C(=O)N3CCC[C@H](c4ncncc4S(C)(=O)=O)C3)CC2)cc1. The molecule has 1 aliphatic carbocycles. The van der Waals surface area contributed by atoms with Gasteiger partial charge in [-0.05, 0) is 43.4 Å². The van der Waals surface area contributed by atoms with Crippen molar-refractivity contribution >= 4 is 15.7 Å². The molecule has 8 heteroatoms. The van der Waals surface area contributed by atoms with E-state index in [4.69, 9.17) is 4.74 Å². The molecule has 1 saturated heterocycles. The second-order valence-electron chi connectivity index (χ2n) is 7.95. The van der Waals surface area contributed by atoms with Crippen LogP contribution < -0.4 is 4.74 Å². The summed E-state index contributed by atoms with van der Waals surface area (Å²) >= 11 is 0. The Kier molecular flexibility index (Phi) is 5.06. The highest BCUT2D eigenvalue weighted by atomic mass is 32.2. The van der Waals surface area contributed by atoms with Gasteiger partial charge in [-0.3, -0.25) is 4.79 Å². The van der Waals surface area contributed by atoms with Crippen molar-refractivity contribution in [1.29, 1.82) is 0 Å². The number of methoxy groups -OCH3 is 1. The highest BCUT2D eigenvalue weighted by Gasteiger charge is 2.53. The number of rotatable bonds is 5. The van der Waals surface area contributed by atoms with Crippen molar-refractivity contribution in [2.45, 2.75) is 41.9 Å². The van der Waals surface area contributed by atoms with Gasteiger partial charge in [-0.2, -0.15) is 0 Å². The van der Waals surface area contributed by atoms with E-state index in [1.54, 1.807) is 7.11 Å². The Morgan fingerprint density at radius 2 is 1.97 bits per heavy atom. The van der Waals surface area contributed by atoms with Crippen LogP contribution in [0.3, 0.4) is 0 Å². The maximum absolute atomic E-state index is 13.4. The Morgan fingerprint density at radius 1 is 1.24 bits per heavy atom. The number of hydrogen-bond acceptors (Lipinski definition) is 6. The van der Waals surface area contributed by atoms with Crippen molar-refractivity contribution in [2.24, 2.45) is 0 Å². The van der Waals surface area contributed by atoms with E-state index in [-0.39, 0.29) is 16.7 Å². The van der Waals surface area contributed by atoms with E-state index in [1.165, 1.54) is 18.8 Å². The number of likely N-dealkylation sites (tertiary alicyclic amines) is 1. The Labute approximate surface area is 171 Å². The van der Waals surface area contributed by atoms with E-state index in [0.29, 0.717) is 18.8 Å². The topological polar surface area (TPSA) is 89.5 Å². The summed E-state index contributed by atoms with van der Waals surface area (Å²) in [6, 6.07) is 7.72. The third kappa shape index (κ3) is 3.73. The predicted octanol–water partition coefficient (Wildman–Crippen LogP) is 2.33. The molecular weight excluding hydrogens is 390 g/mol. The summed E-state index contributed by atoms with van der Waals surface area (Å²) in [6.07, 6.45) is 7.20. The molecule has 7 nitrogen and oxygen atoms in total. The second kappa shape index (κ2) is 7.40. The van der Waals surface area contributed by atoms with Crippen molar-refractivity contribution in [3.05, 3.63) is 48.0 Å². The van der Waals surface area contributed by atoms with E-state index in [2.05, 4.69) is 9.97 Å². The maximum atomic E-state index is 13.4. The fraction of sp³-hybridized carbons (Fsp3) is 0.476. The van der Waals surface area contributed by atoms with Crippen LogP contribution in [0.15, 0.2) is 41.7 Å². The molecule has 4 rings (SSSR count). The molecule has 0 radical (unpaired) electrons. The van der Waals surface area contributed by atoms with Gasteiger partial charge in [0, 0.05) is 31.5 Å². The van der Waals surface area contributed by atoms with Crippen LogP contribution in [0.1, 0.15) is 42.9 Å². The van der Waals surface area contributed by atoms with Crippen molar-refractivity contribution in [2.75, 3.05) is 26.5 Å². The molecule has 0 spiro atoms. The minimum atomic E-state index is -3.43. The summed E-state index contributed by atoms with van der Waals surface area (Å²) in [5.74, 6) is 0.793. The van der Waals surface area contributed by atoms with E-state index in [1.807, 2.05) is 29.2 Å². The molecule has 29 heavy (non-hydrogen) atoms. The minimum Gasteiger partial charge on any atom is -0.497 e. The Hall–Kier alpha value is -2.48. The molecule has 154 valence electrons. The molecule has 0 unspecified atom stereocenters. The standard InChI is InChI=1S/C21H25N3O4S/c1-28-17-7-5-16(6-8-17)21(9-10-21)20(25)24-11-3-4-15(13-24)19-18(29(2,26)27)12-22-14-23-19/h5-8,12,14-15H,3-4,9-11,13H2,1-2H3/t15-/m0/s1. The lowest BCUT2D eigenvalue weighted by molar-refractivity contribution is -0.135. The zero-order valence-corrected chi connectivity index (χ0v) is 17.5. The number of nitrogens with zero attached hydrogens (tertiary/aromatic N) is 3. The Bertz CT molecular complexity index is 1020. The van der Waals surface area contributed by atoms with E-state index >= 15 is 0 Å². The molecule has 2 aromatic rings. The number of aromatic nitrogens is 2. The molecule has 2 fully saturated rings. The Balaban J connectivity index is 1.57. The lowest BCUT2D eigenvalue weighted by Gasteiger charge is -2.35. The fourth-order valence-electron chi connectivity index (χ4n) is 4.27. The first-order valence-corrected chi connectivity index (χ1v) is 11.7. The van der Waals surface area contributed by atoms with Crippen LogP contribution in [0.25, 0.3) is 0 Å². The molecule has 1 aromatic carbocycles. The summed E-state index contributed by atoms with van der Waals surface area (Å²) < 4.78 is 29.5. The molecule has 1 aromatic heterocycles. The van der Waals surface area contributed by atoms with Gasteiger partial charge in [0.2, 0.25) is 5.91 Å². The largest absolute Gasteiger partial charge is 0.497 e. The summed E-state index contributed by atoms with van der Waals surface area (Å²) in [5, 5.41) is 0. The maximum Gasteiger partial charge on any atom is 0.233 e. The number of carbonyl (C=O) groups excluding carboxylic acids is 1. The third-order valence-corrected chi connectivity index (χ3v) is 7.12. The van der Waals surface area contributed by atoms with E-state index in [9.17, 15) is 13.2 Å². The smallest absolute Gasteiger partial charge is 0.233 e. The average molecular weight is 416 g/mol. The lowest BCUT2D eigenvalue weighted by Crippen LogP contribution is -2.44. The van der Waals surface area contributed by atoms with Crippen LogP contribution in [-0.4, -0.2) is 55.6 Å². The van der Waals surface area contributed by atoms with Crippen molar-refractivity contribution in [3.8, 4) is 5.75 Å². The number of hydrogen-bond donors (Lipinski definition) is 0. The molecule has 1 atom stereocenters. The highest BCUT2D eigenvalue weighted by Crippen LogP contribution is 2.50. The van der Waals surface area contributed by atoms with Gasteiger partial charge in [0.15, 0.2) is 9.84 Å². The molecule has 1 amide bonds. The van der Waals surface area contributed by atoms with Gasteiger partial charge in [0.1, 0.15) is 17.0 Å². The summed E-state index contributed by atoms with van der Waals surface area (Å²) in [4.78, 5) is 23.6. The minimum absolute atomic E-state index is 0.105. The first kappa shape index (κ1) is 19.8. The van der Waals surface area contributed by atoms with Crippen molar-refractivity contribution in [3.63, 3.8) is 0 Å². The molecule has 1 aliphatic heterocycles. The average Bonchev–Trinajstić information content (AvgIpc) is 3.55. The first-order valence-electron chi connectivity index (χ1n) is 9.79. The van der Waals surface area contributed by atoms with Crippen LogP contribution in [0.4, 0.5) is 0 Å². The summed E-state index contributed by atoms with van der Waals surface area (Å²) in [5.41, 5.74) is 1.08. The molecule has 0 N–H and O–H groups in total. The summed E-state index contributed by atoms with van der Waals surface area (Å²) in [6.45, 7) is 1.17. The van der Waals surface area contributed by atoms with E-state index in [0.717, 1.165) is 37.0 Å². The van der Waals surface area contributed by atoms with Gasteiger partial charge in [-0.25, -0.2) is 18.4 Å². The molecule has 1 saturated carbocycles. The number of carbonyl (C=O) groups is 1. The van der Waals surface area contributed by atoms with Crippen LogP contribution >= 0.6 is 0 Å². The first-order chi connectivity index (χ1) is 13.8. The van der Waals surface area contributed by atoms with Gasteiger partial charge in [-0.15, -0.1) is 0 Å². The number of sulfone groups is 1. The fourth-order valence-corrected chi connectivity index (χ4v) is 5.12. The number of ether oxygens (including phenoxy) is 1. The van der Waals surface area contributed by atoms with Crippen LogP contribution in [0, 0.1) is 0 Å². The quantitative estimate of drug-likeness (QED) is 0.745. The molecule has 2 aliphatic rings. The van der Waals surface area contributed by atoms with Gasteiger partial charge in [0.05, 0.1) is 18.2 Å². The molecule has 0 bridgehead atoms. The van der Waals surface area contributed by atoms with Gasteiger partial charge >= 0.3 is 0 Å². The van der Waals surface area contributed by atoms with Gasteiger partial charge in [-0.1, -0.05) is 12.1 Å². The third-order valence-electron chi connectivity index (χ3n) is 6.00. The number of piperidine rings is 1. The lowest BCUT2D eigenvalue weighted by atomic mass is 9.90. The van der Waals surface area contributed by atoms with E-state index < -0.39 is 15.3 Å².